The zero-order valence-corrected chi connectivity index (χ0v) is 16.8. The molecule has 1 aliphatic heterocycles. The van der Waals surface area contributed by atoms with E-state index in [1.165, 1.54) is 30.3 Å². The molecule has 0 unspecified atom stereocenters. The average Bonchev–Trinajstić information content (AvgIpc) is 3.23. The number of likely N-dealkylation sites (tertiary alicyclic amines) is 1. The number of piperidine rings is 1. The molecule has 2 N–H and O–H groups in total. The summed E-state index contributed by atoms with van der Waals surface area (Å²) >= 11 is 0. The summed E-state index contributed by atoms with van der Waals surface area (Å²) in [6.07, 6.45) is 4.04. The predicted octanol–water partition coefficient (Wildman–Crippen LogP) is 3.40. The number of rotatable bonds is 9. The number of amides is 1. The number of nitrogens with zero attached hydrogens (tertiary/aromatic N) is 2. The fourth-order valence-corrected chi connectivity index (χ4v) is 3.55. The highest BCUT2D eigenvalue weighted by Crippen LogP contribution is 2.32. The highest BCUT2D eigenvalue weighted by Gasteiger charge is 2.39. The summed E-state index contributed by atoms with van der Waals surface area (Å²) in [4.78, 5) is 28.7. The van der Waals surface area contributed by atoms with Crippen molar-refractivity contribution >= 4 is 11.9 Å². The fraction of sp³-hybridized carbons (Fsp3) is 0.409. The number of halogens is 2. The molecule has 1 amide bonds. The standard InChI is InChI=1S/C22H24F2N2O5/c23-22(24,15-6-2-1-3-7-15)18(27)12-11-16-8-4-10-20(28)26(16)13-5-9-19-25-14-17(31-19)21(29)30/h1-3,6-7,11-12,14,16,18,27H,4-5,8-10,13H2,(H,29,30)/b12-11+/t16-,18+/m1/s1. The van der Waals surface area contributed by atoms with E-state index in [0.717, 1.165) is 12.3 Å². The van der Waals surface area contributed by atoms with E-state index in [2.05, 4.69) is 4.98 Å². The van der Waals surface area contributed by atoms with Crippen LogP contribution in [0.1, 0.15) is 47.7 Å². The lowest BCUT2D eigenvalue weighted by Gasteiger charge is -2.34. The van der Waals surface area contributed by atoms with Gasteiger partial charge in [-0.25, -0.2) is 9.78 Å². The van der Waals surface area contributed by atoms with Gasteiger partial charge < -0.3 is 19.5 Å². The first kappa shape index (κ1) is 22.6. The van der Waals surface area contributed by atoms with Gasteiger partial charge >= 0.3 is 11.9 Å². The number of aliphatic hydroxyl groups is 1. The van der Waals surface area contributed by atoms with E-state index in [9.17, 15) is 23.5 Å². The summed E-state index contributed by atoms with van der Waals surface area (Å²) in [5, 5.41) is 18.9. The maximum Gasteiger partial charge on any atom is 0.373 e. The van der Waals surface area contributed by atoms with Gasteiger partial charge in [0.2, 0.25) is 11.7 Å². The molecule has 0 aliphatic carbocycles. The number of alkyl halides is 2. The van der Waals surface area contributed by atoms with E-state index in [4.69, 9.17) is 9.52 Å². The molecular formula is C22H24F2N2O5. The Kier molecular flexibility index (Phi) is 7.17. The van der Waals surface area contributed by atoms with Crippen molar-refractivity contribution in [3.8, 4) is 0 Å². The Morgan fingerprint density at radius 3 is 2.77 bits per heavy atom. The van der Waals surface area contributed by atoms with Crippen LogP contribution in [0.4, 0.5) is 8.78 Å². The van der Waals surface area contributed by atoms with Crippen molar-refractivity contribution in [2.45, 2.75) is 50.2 Å². The van der Waals surface area contributed by atoms with Crippen LogP contribution in [0.2, 0.25) is 0 Å². The lowest BCUT2D eigenvalue weighted by Crippen LogP contribution is -2.43. The van der Waals surface area contributed by atoms with Crippen LogP contribution in [-0.4, -0.2) is 50.7 Å². The quantitative estimate of drug-likeness (QED) is 0.587. The summed E-state index contributed by atoms with van der Waals surface area (Å²) in [6, 6.07) is 6.69. The number of carboxylic acids is 1. The summed E-state index contributed by atoms with van der Waals surface area (Å²) in [6.45, 7) is 0.337. The second-order valence-corrected chi connectivity index (χ2v) is 7.39. The van der Waals surface area contributed by atoms with Gasteiger partial charge in [0.15, 0.2) is 5.89 Å². The summed E-state index contributed by atoms with van der Waals surface area (Å²) < 4.78 is 34.1. The van der Waals surface area contributed by atoms with E-state index in [0.29, 0.717) is 38.6 Å². The third-order valence-corrected chi connectivity index (χ3v) is 5.21. The monoisotopic (exact) mass is 434 g/mol. The molecule has 0 saturated carbocycles. The Balaban J connectivity index is 1.61. The minimum absolute atomic E-state index is 0.0937. The number of aryl methyl sites for hydroxylation is 1. The van der Waals surface area contributed by atoms with Gasteiger partial charge in [-0.05, 0) is 19.3 Å². The van der Waals surface area contributed by atoms with E-state index in [1.807, 2.05) is 0 Å². The van der Waals surface area contributed by atoms with Gasteiger partial charge in [-0.3, -0.25) is 4.79 Å². The third kappa shape index (κ3) is 5.55. The zero-order valence-electron chi connectivity index (χ0n) is 16.8. The Morgan fingerprint density at radius 1 is 1.35 bits per heavy atom. The Morgan fingerprint density at radius 2 is 2.10 bits per heavy atom. The Bertz CT molecular complexity index is 929. The molecule has 31 heavy (non-hydrogen) atoms. The van der Waals surface area contributed by atoms with Gasteiger partial charge in [0.1, 0.15) is 6.10 Å². The van der Waals surface area contributed by atoms with Crippen molar-refractivity contribution in [3.05, 3.63) is 65.9 Å². The smallest absolute Gasteiger partial charge is 0.373 e. The number of carbonyl (C=O) groups is 2. The van der Waals surface area contributed by atoms with Crippen molar-refractivity contribution in [1.82, 2.24) is 9.88 Å². The van der Waals surface area contributed by atoms with Crippen LogP contribution in [-0.2, 0) is 17.1 Å². The minimum Gasteiger partial charge on any atom is -0.475 e. The number of aliphatic hydroxyl groups excluding tert-OH is 1. The maximum atomic E-state index is 14.5. The molecular weight excluding hydrogens is 410 g/mol. The second-order valence-electron chi connectivity index (χ2n) is 7.39. The molecule has 0 bridgehead atoms. The maximum absolute atomic E-state index is 14.5. The number of aromatic nitrogens is 1. The molecule has 2 aromatic rings. The molecule has 166 valence electrons. The summed E-state index contributed by atoms with van der Waals surface area (Å²) in [5.74, 6) is -4.75. The number of benzene rings is 1. The number of aromatic carboxylic acids is 1. The van der Waals surface area contributed by atoms with Crippen LogP contribution >= 0.6 is 0 Å². The molecule has 2 atom stereocenters. The number of carbonyl (C=O) groups excluding carboxylic acids is 1. The van der Waals surface area contributed by atoms with E-state index < -0.39 is 24.0 Å². The lowest BCUT2D eigenvalue weighted by molar-refractivity contribution is -0.135. The van der Waals surface area contributed by atoms with Crippen LogP contribution in [0.3, 0.4) is 0 Å². The molecule has 0 radical (unpaired) electrons. The van der Waals surface area contributed by atoms with Crippen molar-refractivity contribution in [1.29, 1.82) is 0 Å². The molecule has 0 spiro atoms. The molecule has 1 saturated heterocycles. The molecule has 1 aromatic heterocycles. The van der Waals surface area contributed by atoms with Crippen LogP contribution in [0, 0.1) is 0 Å². The van der Waals surface area contributed by atoms with Crippen LogP contribution < -0.4 is 0 Å². The summed E-state index contributed by atoms with van der Waals surface area (Å²) in [5.41, 5.74) is -0.282. The van der Waals surface area contributed by atoms with Crippen LogP contribution in [0.25, 0.3) is 0 Å². The fourth-order valence-electron chi connectivity index (χ4n) is 3.55. The highest BCUT2D eigenvalue weighted by atomic mass is 19.3. The van der Waals surface area contributed by atoms with Crippen molar-refractivity contribution < 1.29 is 33.0 Å². The number of oxazole rings is 1. The van der Waals surface area contributed by atoms with Gasteiger partial charge in [0.25, 0.3) is 0 Å². The summed E-state index contributed by atoms with van der Waals surface area (Å²) in [7, 11) is 0. The van der Waals surface area contributed by atoms with Gasteiger partial charge in [-0.2, -0.15) is 8.78 Å². The average molecular weight is 434 g/mol. The van der Waals surface area contributed by atoms with Crippen molar-refractivity contribution in [2.75, 3.05) is 6.54 Å². The zero-order chi connectivity index (χ0) is 22.4. The molecule has 1 aromatic carbocycles. The Hall–Kier alpha value is -3.07. The lowest BCUT2D eigenvalue weighted by atomic mass is 9.98. The molecule has 1 aliphatic rings. The second kappa shape index (κ2) is 9.82. The van der Waals surface area contributed by atoms with Crippen LogP contribution in [0.15, 0.2) is 53.1 Å². The number of hydrogen-bond acceptors (Lipinski definition) is 5. The minimum atomic E-state index is -3.45. The highest BCUT2D eigenvalue weighted by molar-refractivity contribution is 5.83. The van der Waals surface area contributed by atoms with Gasteiger partial charge in [-0.1, -0.05) is 42.5 Å². The molecule has 9 heteroatoms. The predicted molar refractivity (Wildman–Crippen MR) is 107 cm³/mol. The first-order valence-corrected chi connectivity index (χ1v) is 10.1. The molecule has 2 heterocycles. The third-order valence-electron chi connectivity index (χ3n) is 5.21. The van der Waals surface area contributed by atoms with E-state index in [1.54, 1.807) is 11.0 Å². The van der Waals surface area contributed by atoms with Crippen molar-refractivity contribution in [2.24, 2.45) is 0 Å². The van der Waals surface area contributed by atoms with Crippen molar-refractivity contribution in [3.63, 3.8) is 0 Å². The van der Waals surface area contributed by atoms with Gasteiger partial charge in [0.05, 0.1) is 12.2 Å². The van der Waals surface area contributed by atoms with Crippen LogP contribution in [0.5, 0.6) is 0 Å². The Labute approximate surface area is 178 Å². The normalized spacial score (nSPS) is 18.5. The molecule has 3 rings (SSSR count). The first-order chi connectivity index (χ1) is 14.8. The van der Waals surface area contributed by atoms with E-state index in [-0.39, 0.29) is 23.1 Å². The first-order valence-electron chi connectivity index (χ1n) is 10.1. The largest absolute Gasteiger partial charge is 0.475 e. The number of hydrogen-bond donors (Lipinski definition) is 2. The van der Waals surface area contributed by atoms with Gasteiger partial charge in [0, 0.05) is 24.9 Å². The molecule has 7 nitrogen and oxygen atoms in total. The van der Waals surface area contributed by atoms with Gasteiger partial charge in [-0.15, -0.1) is 0 Å². The molecule has 1 fully saturated rings. The van der Waals surface area contributed by atoms with E-state index >= 15 is 0 Å². The SMILES string of the molecule is O=C(O)c1cnc(CCCN2C(=O)CCC[C@@H]2/C=C/[C@H](O)C(F)(F)c2ccccc2)o1. The topological polar surface area (TPSA) is 104 Å². The number of carboxylic acid groups (broad SMARTS) is 1.